The van der Waals surface area contributed by atoms with Gasteiger partial charge in [-0.05, 0) is 31.9 Å². The Morgan fingerprint density at radius 1 is 1.38 bits per heavy atom. The highest BCUT2D eigenvalue weighted by Gasteiger charge is 2.36. The summed E-state index contributed by atoms with van der Waals surface area (Å²) >= 11 is 0. The molecule has 1 aliphatic rings. The van der Waals surface area contributed by atoms with Crippen molar-refractivity contribution in [3.63, 3.8) is 0 Å². The minimum atomic E-state index is -0.933. The van der Waals surface area contributed by atoms with Crippen LogP contribution in [0.25, 0.3) is 11.0 Å². The van der Waals surface area contributed by atoms with Gasteiger partial charge in [-0.2, -0.15) is 0 Å². The van der Waals surface area contributed by atoms with Gasteiger partial charge < -0.3 is 14.4 Å². The van der Waals surface area contributed by atoms with Crippen LogP contribution in [-0.4, -0.2) is 34.5 Å². The summed E-state index contributed by atoms with van der Waals surface area (Å²) in [4.78, 5) is 25.2. The summed E-state index contributed by atoms with van der Waals surface area (Å²) in [5.74, 6) is -1.01. The molecule has 0 spiro atoms. The third kappa shape index (κ3) is 2.39. The van der Waals surface area contributed by atoms with Gasteiger partial charge in [0.1, 0.15) is 17.4 Å². The molecule has 1 aromatic carbocycles. The first-order valence-electron chi connectivity index (χ1n) is 7.09. The molecular formula is C16H17NO4. The van der Waals surface area contributed by atoms with E-state index in [2.05, 4.69) is 0 Å². The summed E-state index contributed by atoms with van der Waals surface area (Å²) in [6.45, 7) is 2.26. The lowest BCUT2D eigenvalue weighted by atomic mass is 10.1. The summed E-state index contributed by atoms with van der Waals surface area (Å²) < 4.78 is 5.71. The van der Waals surface area contributed by atoms with Crippen LogP contribution in [0.5, 0.6) is 0 Å². The zero-order chi connectivity index (χ0) is 15.0. The van der Waals surface area contributed by atoms with Gasteiger partial charge in [0.05, 0.1) is 5.92 Å². The molecule has 110 valence electrons. The second-order valence-electron chi connectivity index (χ2n) is 5.44. The van der Waals surface area contributed by atoms with Crippen molar-refractivity contribution in [2.45, 2.75) is 31.7 Å². The van der Waals surface area contributed by atoms with Gasteiger partial charge in [-0.3, -0.25) is 4.79 Å². The first-order chi connectivity index (χ1) is 10.1. The number of para-hydroxylation sites is 1. The van der Waals surface area contributed by atoms with E-state index in [4.69, 9.17) is 4.42 Å². The zero-order valence-corrected chi connectivity index (χ0v) is 11.8. The van der Waals surface area contributed by atoms with E-state index in [1.165, 1.54) is 4.90 Å². The molecule has 21 heavy (non-hydrogen) atoms. The molecule has 1 aromatic heterocycles. The van der Waals surface area contributed by atoms with Crippen LogP contribution < -0.4 is 0 Å². The molecule has 3 rings (SSSR count). The molecule has 0 saturated carbocycles. The fraction of sp³-hybridized carbons (Fsp3) is 0.375. The normalized spacial score (nSPS) is 19.9. The van der Waals surface area contributed by atoms with Gasteiger partial charge in [-0.15, -0.1) is 0 Å². The number of rotatable bonds is 3. The van der Waals surface area contributed by atoms with Gasteiger partial charge in [0.25, 0.3) is 0 Å². The average Bonchev–Trinajstić information content (AvgIpc) is 3.11. The van der Waals surface area contributed by atoms with Crippen LogP contribution in [0.15, 0.2) is 34.7 Å². The van der Waals surface area contributed by atoms with Crippen LogP contribution in [0.1, 0.15) is 31.4 Å². The molecule has 1 saturated heterocycles. The van der Waals surface area contributed by atoms with Crippen molar-refractivity contribution < 1.29 is 19.1 Å². The van der Waals surface area contributed by atoms with Crippen molar-refractivity contribution in [2.75, 3.05) is 6.54 Å². The molecule has 5 heteroatoms. The van der Waals surface area contributed by atoms with Crippen LogP contribution in [0.2, 0.25) is 0 Å². The monoisotopic (exact) mass is 287 g/mol. The predicted octanol–water partition coefficient (Wildman–Crippen LogP) is 2.61. The molecule has 0 aliphatic carbocycles. The maximum atomic E-state index is 12.5. The Morgan fingerprint density at radius 2 is 2.14 bits per heavy atom. The van der Waals surface area contributed by atoms with Crippen LogP contribution in [0.3, 0.4) is 0 Å². The first kappa shape index (κ1) is 13.7. The maximum absolute atomic E-state index is 12.5. The van der Waals surface area contributed by atoms with E-state index in [-0.39, 0.29) is 5.91 Å². The number of benzene rings is 1. The van der Waals surface area contributed by atoms with E-state index in [0.29, 0.717) is 18.7 Å². The largest absolute Gasteiger partial charge is 0.480 e. The van der Waals surface area contributed by atoms with Crippen molar-refractivity contribution in [3.05, 3.63) is 36.1 Å². The molecule has 2 atom stereocenters. The Hall–Kier alpha value is -2.30. The second-order valence-corrected chi connectivity index (χ2v) is 5.44. The average molecular weight is 287 g/mol. The number of carbonyl (C=O) groups is 2. The fourth-order valence-corrected chi connectivity index (χ4v) is 2.87. The fourth-order valence-electron chi connectivity index (χ4n) is 2.87. The summed E-state index contributed by atoms with van der Waals surface area (Å²) in [6.07, 6.45) is 1.25. The van der Waals surface area contributed by atoms with E-state index < -0.39 is 17.9 Å². The number of likely N-dealkylation sites (tertiary alicyclic amines) is 1. The molecule has 2 heterocycles. The van der Waals surface area contributed by atoms with Crippen molar-refractivity contribution >= 4 is 22.8 Å². The molecule has 1 unspecified atom stereocenters. The molecule has 1 aliphatic heterocycles. The van der Waals surface area contributed by atoms with Gasteiger partial charge >= 0.3 is 5.97 Å². The first-order valence-corrected chi connectivity index (χ1v) is 7.09. The number of hydrogen-bond acceptors (Lipinski definition) is 3. The van der Waals surface area contributed by atoms with E-state index in [0.717, 1.165) is 17.4 Å². The minimum Gasteiger partial charge on any atom is -0.480 e. The third-order valence-electron chi connectivity index (χ3n) is 4.06. The van der Waals surface area contributed by atoms with E-state index >= 15 is 0 Å². The number of fused-ring (bicyclic) bond motifs is 1. The molecular weight excluding hydrogens is 270 g/mol. The Labute approximate surface area is 122 Å². The van der Waals surface area contributed by atoms with Gasteiger partial charge in [-0.25, -0.2) is 4.79 Å². The van der Waals surface area contributed by atoms with Gasteiger partial charge in [0.15, 0.2) is 0 Å². The molecule has 5 nitrogen and oxygen atoms in total. The van der Waals surface area contributed by atoms with Crippen LogP contribution in [-0.2, 0) is 9.59 Å². The third-order valence-corrected chi connectivity index (χ3v) is 4.06. The second kappa shape index (κ2) is 5.24. The van der Waals surface area contributed by atoms with E-state index in [1.807, 2.05) is 30.3 Å². The van der Waals surface area contributed by atoms with E-state index in [9.17, 15) is 14.7 Å². The number of furan rings is 1. The number of nitrogens with zero attached hydrogens (tertiary/aromatic N) is 1. The summed E-state index contributed by atoms with van der Waals surface area (Å²) in [5, 5.41) is 10.1. The Morgan fingerprint density at radius 3 is 2.86 bits per heavy atom. The molecule has 1 fully saturated rings. The summed E-state index contributed by atoms with van der Waals surface area (Å²) in [7, 11) is 0. The lowest BCUT2D eigenvalue weighted by Gasteiger charge is -2.24. The standard InChI is InChI=1S/C16H17NO4/c1-10(14-9-11-5-2-3-7-13(11)21-14)15(18)17-8-4-6-12(17)16(19)20/h2-3,5,7,9-10,12H,4,6,8H2,1H3,(H,19,20)/t10?,12-/m0/s1. The molecule has 0 radical (unpaired) electrons. The smallest absolute Gasteiger partial charge is 0.326 e. The summed E-state index contributed by atoms with van der Waals surface area (Å²) in [5.41, 5.74) is 0.739. The molecule has 0 bridgehead atoms. The van der Waals surface area contributed by atoms with Gasteiger partial charge in [-0.1, -0.05) is 18.2 Å². The molecule has 2 aromatic rings. The highest BCUT2D eigenvalue weighted by Crippen LogP contribution is 2.28. The number of aliphatic carboxylic acids is 1. The summed E-state index contributed by atoms with van der Waals surface area (Å²) in [6, 6.07) is 8.72. The number of carboxylic acids is 1. The maximum Gasteiger partial charge on any atom is 0.326 e. The topological polar surface area (TPSA) is 70.8 Å². The minimum absolute atomic E-state index is 0.182. The van der Waals surface area contributed by atoms with Crippen molar-refractivity contribution in [3.8, 4) is 0 Å². The van der Waals surface area contributed by atoms with Crippen molar-refractivity contribution in [2.24, 2.45) is 0 Å². The number of carbonyl (C=O) groups excluding carboxylic acids is 1. The van der Waals surface area contributed by atoms with Gasteiger partial charge in [0.2, 0.25) is 5.91 Å². The number of carboxylic acid groups (broad SMARTS) is 1. The number of amides is 1. The van der Waals surface area contributed by atoms with Crippen molar-refractivity contribution in [1.29, 1.82) is 0 Å². The van der Waals surface area contributed by atoms with E-state index in [1.54, 1.807) is 6.92 Å². The Kier molecular flexibility index (Phi) is 3.41. The van der Waals surface area contributed by atoms with Crippen LogP contribution in [0.4, 0.5) is 0 Å². The number of hydrogen-bond donors (Lipinski definition) is 1. The SMILES string of the molecule is CC(C(=O)N1CCC[C@H]1C(=O)O)c1cc2ccccc2o1. The zero-order valence-electron chi connectivity index (χ0n) is 11.8. The lowest BCUT2D eigenvalue weighted by Crippen LogP contribution is -2.42. The quantitative estimate of drug-likeness (QED) is 0.942. The van der Waals surface area contributed by atoms with Gasteiger partial charge in [0, 0.05) is 11.9 Å². The van der Waals surface area contributed by atoms with Crippen LogP contribution >= 0.6 is 0 Å². The predicted molar refractivity (Wildman–Crippen MR) is 77.0 cm³/mol. The Balaban J connectivity index is 1.85. The van der Waals surface area contributed by atoms with Crippen molar-refractivity contribution in [1.82, 2.24) is 4.90 Å². The molecule has 1 amide bonds. The molecule has 1 N–H and O–H groups in total. The highest BCUT2D eigenvalue weighted by atomic mass is 16.4. The highest BCUT2D eigenvalue weighted by molar-refractivity contribution is 5.89. The lowest BCUT2D eigenvalue weighted by molar-refractivity contribution is -0.148. The Bertz CT molecular complexity index is 657. The van der Waals surface area contributed by atoms with Crippen LogP contribution in [0, 0.1) is 0 Å².